The Labute approximate surface area is 182 Å². The molecule has 3 heterocycles. The molecule has 0 atom stereocenters. The largest absolute Gasteiger partial charge is 0.369 e. The van der Waals surface area contributed by atoms with Crippen LogP contribution in [0.15, 0.2) is 59.5 Å². The van der Waals surface area contributed by atoms with E-state index in [-0.39, 0.29) is 23.3 Å². The van der Waals surface area contributed by atoms with Gasteiger partial charge >= 0.3 is 0 Å². The van der Waals surface area contributed by atoms with E-state index in [2.05, 4.69) is 30.6 Å². The maximum Gasteiger partial charge on any atom is 0.261 e. The van der Waals surface area contributed by atoms with Gasteiger partial charge in [0.15, 0.2) is 0 Å². The lowest BCUT2D eigenvalue weighted by molar-refractivity contribution is 0.0950. The van der Waals surface area contributed by atoms with Crippen LogP contribution in [0.1, 0.15) is 32.1 Å². The van der Waals surface area contributed by atoms with Crippen molar-refractivity contribution in [3.05, 3.63) is 87.6 Å². The molecule has 0 saturated carbocycles. The van der Waals surface area contributed by atoms with Crippen molar-refractivity contribution in [2.75, 3.05) is 12.3 Å². The quantitative estimate of drug-likeness (QED) is 0.295. The van der Waals surface area contributed by atoms with Crippen molar-refractivity contribution in [2.24, 2.45) is 0 Å². The second kappa shape index (κ2) is 9.13. The first-order valence-corrected chi connectivity index (χ1v) is 9.93. The molecule has 0 fully saturated rings. The normalized spacial score (nSPS) is 10.8. The van der Waals surface area contributed by atoms with Crippen molar-refractivity contribution in [3.8, 4) is 0 Å². The van der Waals surface area contributed by atoms with Gasteiger partial charge in [-0.05, 0) is 36.4 Å². The number of anilines is 1. The number of nitrogens with zero attached hydrogens (tertiary/aromatic N) is 2. The molecule has 162 valence electrons. The molecule has 0 aliphatic rings. The van der Waals surface area contributed by atoms with Crippen LogP contribution in [0.25, 0.3) is 11.0 Å². The number of pyridine rings is 1. The molecule has 3 aromatic heterocycles. The molecule has 10 nitrogen and oxygen atoms in total. The van der Waals surface area contributed by atoms with Crippen LogP contribution in [-0.4, -0.2) is 38.3 Å². The number of carbonyl (C=O) groups is 2. The number of rotatable bonds is 7. The number of carbonyl (C=O) groups excluding carboxylic acids is 2. The summed E-state index contributed by atoms with van der Waals surface area (Å²) in [4.78, 5) is 50.5. The number of amides is 2. The van der Waals surface area contributed by atoms with Gasteiger partial charge in [0, 0.05) is 36.0 Å². The molecule has 0 saturated heterocycles. The highest BCUT2D eigenvalue weighted by molar-refractivity contribution is 5.99. The molecule has 0 aliphatic heterocycles. The summed E-state index contributed by atoms with van der Waals surface area (Å²) >= 11 is 0. The highest BCUT2D eigenvalue weighted by Gasteiger charge is 2.11. The Morgan fingerprint density at radius 1 is 0.969 bits per heavy atom. The Balaban J connectivity index is 1.34. The number of benzene rings is 1. The zero-order valence-electron chi connectivity index (χ0n) is 17.0. The lowest BCUT2D eigenvalue weighted by Crippen LogP contribution is -2.27. The minimum atomic E-state index is -0.322. The van der Waals surface area contributed by atoms with E-state index in [1.165, 1.54) is 6.07 Å². The van der Waals surface area contributed by atoms with E-state index in [0.717, 1.165) is 11.4 Å². The number of nitrogens with two attached hydrogens (primary N) is 1. The summed E-state index contributed by atoms with van der Waals surface area (Å²) < 4.78 is 0. The first-order chi connectivity index (χ1) is 15.5. The number of H-pyrrole nitrogens is 2. The zero-order valence-corrected chi connectivity index (χ0v) is 17.0. The van der Waals surface area contributed by atoms with Crippen LogP contribution >= 0.6 is 0 Å². The van der Waals surface area contributed by atoms with E-state index in [0.29, 0.717) is 41.7 Å². The summed E-state index contributed by atoms with van der Waals surface area (Å²) in [6.07, 6.45) is 2.12. The summed E-state index contributed by atoms with van der Waals surface area (Å²) in [6.45, 7) is 0.624. The van der Waals surface area contributed by atoms with Crippen LogP contribution in [-0.2, 0) is 13.0 Å². The third-order valence-electron chi connectivity index (χ3n) is 4.79. The Morgan fingerprint density at radius 3 is 2.50 bits per heavy atom. The van der Waals surface area contributed by atoms with Crippen LogP contribution < -0.4 is 21.9 Å². The SMILES string of the molecule is Nc1nc2[nH]c(CCNC(=O)c3cccc(C(=O)NCc4ccccn4)c3)cc2c(=O)[nH]1. The van der Waals surface area contributed by atoms with Crippen LogP contribution in [0.3, 0.4) is 0 Å². The van der Waals surface area contributed by atoms with Crippen LogP contribution in [0.2, 0.25) is 0 Å². The summed E-state index contributed by atoms with van der Waals surface area (Å²) in [5.74, 6) is -0.561. The van der Waals surface area contributed by atoms with Gasteiger partial charge in [-0.15, -0.1) is 0 Å². The lowest BCUT2D eigenvalue weighted by atomic mass is 10.1. The number of hydrogen-bond acceptors (Lipinski definition) is 6. The van der Waals surface area contributed by atoms with Crippen molar-refractivity contribution in [3.63, 3.8) is 0 Å². The van der Waals surface area contributed by atoms with Crippen molar-refractivity contribution in [1.82, 2.24) is 30.6 Å². The summed E-state index contributed by atoms with van der Waals surface area (Å²) in [6, 6.07) is 13.6. The number of nitrogens with one attached hydrogen (secondary N) is 4. The number of hydrogen-bond donors (Lipinski definition) is 5. The Hall–Kier alpha value is -4.47. The van der Waals surface area contributed by atoms with Gasteiger partial charge in [0.1, 0.15) is 5.65 Å². The molecule has 1 aromatic carbocycles. The van der Waals surface area contributed by atoms with Crippen molar-refractivity contribution in [1.29, 1.82) is 0 Å². The highest BCUT2D eigenvalue weighted by atomic mass is 16.2. The fourth-order valence-corrected chi connectivity index (χ4v) is 3.22. The standard InChI is InChI=1S/C22H21N7O3/c23-22-28-18-17(21(32)29-22)11-15(27-18)7-9-25-19(30)13-4-3-5-14(10-13)20(31)26-12-16-6-1-2-8-24-16/h1-6,8,10-11H,7,9,12H2,(H,25,30)(H,26,31)(H4,23,27,28,29,32). The molecular formula is C22H21N7O3. The Kier molecular flexibility index (Phi) is 5.93. The molecule has 32 heavy (non-hydrogen) atoms. The van der Waals surface area contributed by atoms with E-state index in [4.69, 9.17) is 5.73 Å². The topological polar surface area (TPSA) is 159 Å². The summed E-state index contributed by atoms with van der Waals surface area (Å²) in [5.41, 5.74) is 7.86. The van der Waals surface area contributed by atoms with Gasteiger partial charge < -0.3 is 21.4 Å². The molecule has 4 aromatic rings. The van der Waals surface area contributed by atoms with Gasteiger partial charge in [0.2, 0.25) is 5.95 Å². The van der Waals surface area contributed by atoms with Crippen LogP contribution in [0.5, 0.6) is 0 Å². The second-order valence-electron chi connectivity index (χ2n) is 7.10. The molecule has 0 radical (unpaired) electrons. The van der Waals surface area contributed by atoms with Crippen molar-refractivity contribution >= 4 is 28.8 Å². The lowest BCUT2D eigenvalue weighted by Gasteiger charge is -2.08. The molecular weight excluding hydrogens is 410 g/mol. The number of fused-ring (bicyclic) bond motifs is 1. The van der Waals surface area contributed by atoms with E-state index >= 15 is 0 Å². The van der Waals surface area contributed by atoms with Gasteiger partial charge in [0.25, 0.3) is 17.4 Å². The molecule has 2 amide bonds. The third-order valence-corrected chi connectivity index (χ3v) is 4.79. The predicted molar refractivity (Wildman–Crippen MR) is 119 cm³/mol. The van der Waals surface area contributed by atoms with E-state index in [9.17, 15) is 14.4 Å². The second-order valence-corrected chi connectivity index (χ2v) is 7.10. The van der Waals surface area contributed by atoms with Gasteiger partial charge in [-0.1, -0.05) is 12.1 Å². The molecule has 0 aliphatic carbocycles. The Bertz CT molecular complexity index is 1330. The van der Waals surface area contributed by atoms with Gasteiger partial charge in [-0.3, -0.25) is 24.4 Å². The molecule has 10 heteroatoms. The van der Waals surface area contributed by atoms with Gasteiger partial charge in [-0.25, -0.2) is 0 Å². The zero-order chi connectivity index (χ0) is 22.5. The Morgan fingerprint density at radius 2 is 1.75 bits per heavy atom. The van der Waals surface area contributed by atoms with Gasteiger partial charge in [0.05, 0.1) is 17.6 Å². The molecule has 0 bridgehead atoms. The minimum Gasteiger partial charge on any atom is -0.369 e. The van der Waals surface area contributed by atoms with Crippen molar-refractivity contribution in [2.45, 2.75) is 13.0 Å². The first kappa shape index (κ1) is 20.8. The fraction of sp³-hybridized carbons (Fsp3) is 0.136. The smallest absolute Gasteiger partial charge is 0.261 e. The van der Waals surface area contributed by atoms with E-state index in [1.54, 1.807) is 36.5 Å². The number of aromatic nitrogens is 4. The monoisotopic (exact) mass is 431 g/mol. The first-order valence-electron chi connectivity index (χ1n) is 9.93. The molecule has 6 N–H and O–H groups in total. The maximum atomic E-state index is 12.5. The molecule has 0 unspecified atom stereocenters. The fourth-order valence-electron chi connectivity index (χ4n) is 3.22. The number of aromatic amines is 2. The van der Waals surface area contributed by atoms with Crippen LogP contribution in [0, 0.1) is 0 Å². The molecule has 0 spiro atoms. The summed E-state index contributed by atoms with van der Waals surface area (Å²) in [5, 5.41) is 6.00. The number of nitrogen functional groups attached to an aromatic ring is 1. The average Bonchev–Trinajstić information content (AvgIpc) is 3.21. The predicted octanol–water partition coefficient (Wildman–Crippen LogP) is 1.13. The van der Waals surface area contributed by atoms with Crippen molar-refractivity contribution < 1.29 is 9.59 Å². The van der Waals surface area contributed by atoms with Gasteiger partial charge in [-0.2, -0.15) is 4.98 Å². The minimum absolute atomic E-state index is 0.0353. The van der Waals surface area contributed by atoms with E-state index in [1.807, 2.05) is 12.1 Å². The maximum absolute atomic E-state index is 12.5. The van der Waals surface area contributed by atoms with Crippen LogP contribution in [0.4, 0.5) is 5.95 Å². The third kappa shape index (κ3) is 4.81. The summed E-state index contributed by atoms with van der Waals surface area (Å²) in [7, 11) is 0. The molecule has 4 rings (SSSR count). The highest BCUT2D eigenvalue weighted by Crippen LogP contribution is 2.10. The average molecular weight is 431 g/mol. The van der Waals surface area contributed by atoms with E-state index < -0.39 is 0 Å².